The zero-order valence-electron chi connectivity index (χ0n) is 11.0. The number of rotatable bonds is 2. The van der Waals surface area contributed by atoms with Crippen molar-refractivity contribution in [1.82, 2.24) is 9.97 Å². The fraction of sp³-hybridized carbons (Fsp3) is 0.214. The number of aromatic nitrogens is 2. The van der Waals surface area contributed by atoms with Crippen LogP contribution in [0.4, 0.5) is 0 Å². The number of methoxy groups -OCH3 is 1. The topological polar surface area (TPSA) is 55.0 Å². The molecule has 5 heteroatoms. The summed E-state index contributed by atoms with van der Waals surface area (Å²) in [6.07, 6.45) is 0. The van der Waals surface area contributed by atoms with Gasteiger partial charge in [0.25, 0.3) is 0 Å². The Bertz CT molecular complexity index is 692. The molecule has 19 heavy (non-hydrogen) atoms. The van der Waals surface area contributed by atoms with Crippen molar-refractivity contribution in [2.75, 3.05) is 7.11 Å². The minimum atomic E-state index is -0.470. The molecule has 0 aliphatic carbocycles. The molecular weight excluding hydrogens is 260 g/mol. The van der Waals surface area contributed by atoms with E-state index in [2.05, 4.69) is 9.97 Å². The highest BCUT2D eigenvalue weighted by Crippen LogP contribution is 2.18. The lowest BCUT2D eigenvalue weighted by molar-refractivity contribution is 0.0598. The van der Waals surface area contributed by atoms with E-state index in [1.807, 2.05) is 31.2 Å². The summed E-state index contributed by atoms with van der Waals surface area (Å²) in [7, 11) is 1.32. The Labute approximate surface area is 116 Å². The zero-order valence-corrected chi connectivity index (χ0v) is 11.8. The second kappa shape index (κ2) is 5.32. The van der Waals surface area contributed by atoms with Crippen molar-refractivity contribution in [3.8, 4) is 11.4 Å². The van der Waals surface area contributed by atoms with Gasteiger partial charge in [-0.3, -0.25) is 0 Å². The van der Waals surface area contributed by atoms with Crippen molar-refractivity contribution in [3.63, 3.8) is 0 Å². The van der Waals surface area contributed by atoms with E-state index in [-0.39, 0.29) is 4.64 Å². The van der Waals surface area contributed by atoms with Crippen LogP contribution in [0.2, 0.25) is 0 Å². The summed E-state index contributed by atoms with van der Waals surface area (Å²) in [5.41, 5.74) is 3.04. The van der Waals surface area contributed by atoms with Gasteiger partial charge in [-0.1, -0.05) is 36.0 Å². The van der Waals surface area contributed by atoms with Crippen LogP contribution >= 0.6 is 12.2 Å². The molecular formula is C14H14N2O2S. The highest BCUT2D eigenvalue weighted by Gasteiger charge is 2.14. The maximum atomic E-state index is 11.6. The number of ether oxygens (including phenoxy) is 1. The van der Waals surface area contributed by atoms with Gasteiger partial charge in [0.2, 0.25) is 0 Å². The highest BCUT2D eigenvalue weighted by molar-refractivity contribution is 7.71. The van der Waals surface area contributed by atoms with E-state index < -0.39 is 5.97 Å². The molecule has 0 bridgehead atoms. The van der Waals surface area contributed by atoms with Crippen LogP contribution < -0.4 is 0 Å². The molecule has 0 amide bonds. The van der Waals surface area contributed by atoms with Crippen molar-refractivity contribution in [1.29, 1.82) is 0 Å². The monoisotopic (exact) mass is 274 g/mol. The molecule has 0 saturated carbocycles. The average Bonchev–Trinajstić information content (AvgIpc) is 2.37. The van der Waals surface area contributed by atoms with Gasteiger partial charge in [-0.25, -0.2) is 9.78 Å². The van der Waals surface area contributed by atoms with Crippen LogP contribution in [0.3, 0.4) is 0 Å². The van der Waals surface area contributed by atoms with Crippen molar-refractivity contribution < 1.29 is 9.53 Å². The number of benzene rings is 1. The molecule has 0 fully saturated rings. The Kier molecular flexibility index (Phi) is 3.76. The molecule has 1 N–H and O–H groups in total. The minimum absolute atomic E-state index is 0.250. The summed E-state index contributed by atoms with van der Waals surface area (Å²) < 4.78 is 4.95. The first-order valence-electron chi connectivity index (χ1n) is 5.79. The Hall–Kier alpha value is -2.01. The molecule has 4 nitrogen and oxygen atoms in total. The normalized spacial score (nSPS) is 10.3. The first-order valence-corrected chi connectivity index (χ1v) is 6.20. The van der Waals surface area contributed by atoms with E-state index in [4.69, 9.17) is 17.0 Å². The molecule has 0 spiro atoms. The van der Waals surface area contributed by atoms with E-state index in [1.54, 1.807) is 6.92 Å². The average molecular weight is 274 g/mol. The molecule has 0 aliphatic heterocycles. The van der Waals surface area contributed by atoms with E-state index in [9.17, 15) is 4.79 Å². The quantitative estimate of drug-likeness (QED) is 0.675. The molecule has 1 aromatic carbocycles. The molecule has 2 rings (SSSR count). The third-order valence-corrected chi connectivity index (χ3v) is 3.08. The van der Waals surface area contributed by atoms with Crippen LogP contribution in [-0.4, -0.2) is 23.0 Å². The molecule has 0 atom stereocenters. The lowest BCUT2D eigenvalue weighted by Crippen LogP contribution is -2.08. The Morgan fingerprint density at radius 3 is 2.68 bits per heavy atom. The van der Waals surface area contributed by atoms with Crippen molar-refractivity contribution in [2.45, 2.75) is 13.8 Å². The van der Waals surface area contributed by atoms with E-state index in [0.29, 0.717) is 17.1 Å². The van der Waals surface area contributed by atoms with Crippen LogP contribution in [0, 0.1) is 18.5 Å². The number of aromatic amines is 1. The standard InChI is InChI=1S/C14H14N2O2S/c1-8-5-4-6-10(7-8)12-15-9(2)11(13(19)16-12)14(17)18-3/h4-7H,1-3H3,(H,15,16,19). The summed E-state index contributed by atoms with van der Waals surface area (Å²) in [4.78, 5) is 19.0. The van der Waals surface area contributed by atoms with E-state index >= 15 is 0 Å². The molecule has 98 valence electrons. The van der Waals surface area contributed by atoms with Gasteiger partial charge in [0.05, 0.1) is 7.11 Å². The number of aryl methyl sites for hydroxylation is 2. The molecule has 1 heterocycles. The minimum Gasteiger partial charge on any atom is -0.465 e. The lowest BCUT2D eigenvalue weighted by atomic mass is 10.1. The molecule has 1 aromatic heterocycles. The highest BCUT2D eigenvalue weighted by atomic mass is 32.1. The Balaban J connectivity index is 2.58. The van der Waals surface area contributed by atoms with Crippen LogP contribution in [0.1, 0.15) is 21.6 Å². The number of H-pyrrole nitrogens is 1. The molecule has 0 saturated heterocycles. The predicted molar refractivity (Wildman–Crippen MR) is 75.7 cm³/mol. The van der Waals surface area contributed by atoms with E-state index in [0.717, 1.165) is 11.1 Å². The Morgan fingerprint density at radius 2 is 2.11 bits per heavy atom. The van der Waals surface area contributed by atoms with Gasteiger partial charge >= 0.3 is 5.97 Å². The van der Waals surface area contributed by atoms with Gasteiger partial charge < -0.3 is 9.72 Å². The first-order chi connectivity index (χ1) is 9.02. The number of carbonyl (C=O) groups is 1. The van der Waals surface area contributed by atoms with Crippen molar-refractivity contribution in [3.05, 3.63) is 45.7 Å². The van der Waals surface area contributed by atoms with Gasteiger partial charge in [-0.15, -0.1) is 0 Å². The number of nitrogens with one attached hydrogen (secondary N) is 1. The van der Waals surface area contributed by atoms with Gasteiger partial charge in [0.15, 0.2) is 0 Å². The van der Waals surface area contributed by atoms with Gasteiger partial charge in [0.1, 0.15) is 16.0 Å². The maximum Gasteiger partial charge on any atom is 0.342 e. The summed E-state index contributed by atoms with van der Waals surface area (Å²) in [6, 6.07) is 7.91. The smallest absolute Gasteiger partial charge is 0.342 e. The molecule has 0 unspecified atom stereocenters. The summed E-state index contributed by atoms with van der Waals surface area (Å²) in [5, 5.41) is 0. The van der Waals surface area contributed by atoms with Gasteiger partial charge in [-0.05, 0) is 19.9 Å². The fourth-order valence-electron chi connectivity index (χ4n) is 1.86. The first kappa shape index (κ1) is 13.4. The second-order valence-electron chi connectivity index (χ2n) is 4.25. The van der Waals surface area contributed by atoms with Crippen LogP contribution in [0.5, 0.6) is 0 Å². The SMILES string of the molecule is COC(=O)c1c(C)[nH]c(-c2cccc(C)c2)nc1=S. The third-order valence-electron chi connectivity index (χ3n) is 2.79. The van der Waals surface area contributed by atoms with Gasteiger partial charge in [-0.2, -0.15) is 0 Å². The Morgan fingerprint density at radius 1 is 1.37 bits per heavy atom. The number of carbonyl (C=O) groups excluding carboxylic acids is 1. The molecule has 2 aromatic rings. The number of hydrogen-bond donors (Lipinski definition) is 1. The molecule has 0 aliphatic rings. The van der Waals surface area contributed by atoms with Crippen LogP contribution in [0.15, 0.2) is 24.3 Å². The maximum absolute atomic E-state index is 11.6. The summed E-state index contributed by atoms with van der Waals surface area (Å²) in [6.45, 7) is 3.79. The van der Waals surface area contributed by atoms with Gasteiger partial charge in [0, 0.05) is 11.3 Å². The van der Waals surface area contributed by atoms with Crippen LogP contribution in [0.25, 0.3) is 11.4 Å². The number of nitrogens with zero attached hydrogens (tertiary/aromatic N) is 1. The second-order valence-corrected chi connectivity index (χ2v) is 4.64. The van der Waals surface area contributed by atoms with Crippen molar-refractivity contribution in [2.24, 2.45) is 0 Å². The molecule has 0 radical (unpaired) electrons. The number of esters is 1. The number of hydrogen-bond acceptors (Lipinski definition) is 4. The van der Waals surface area contributed by atoms with Crippen molar-refractivity contribution >= 4 is 18.2 Å². The summed E-state index contributed by atoms with van der Waals surface area (Å²) >= 11 is 5.17. The van der Waals surface area contributed by atoms with E-state index in [1.165, 1.54) is 7.11 Å². The zero-order chi connectivity index (χ0) is 14.0. The summed E-state index contributed by atoms with van der Waals surface area (Å²) in [5.74, 6) is 0.181. The third kappa shape index (κ3) is 2.71. The predicted octanol–water partition coefficient (Wildman–Crippen LogP) is 3.21. The van der Waals surface area contributed by atoms with Crippen LogP contribution in [-0.2, 0) is 4.74 Å². The fourth-order valence-corrected chi connectivity index (χ4v) is 2.19. The lowest BCUT2D eigenvalue weighted by Gasteiger charge is -2.08. The largest absolute Gasteiger partial charge is 0.465 e.